The second-order valence-corrected chi connectivity index (χ2v) is 6.10. The number of rotatable bonds is 3. The number of hydrogen-bond acceptors (Lipinski definition) is 3. The van der Waals surface area contributed by atoms with Crippen LogP contribution in [0.2, 0.25) is 0 Å². The van der Waals surface area contributed by atoms with Crippen molar-refractivity contribution in [2.75, 3.05) is 26.9 Å². The SMILES string of the molecule is COc1ccc(C(C)(C)C)cc1C1(CO)COC1. The lowest BCUT2D eigenvalue weighted by molar-refractivity contribution is -0.0850. The summed E-state index contributed by atoms with van der Waals surface area (Å²) in [6.07, 6.45) is 0. The van der Waals surface area contributed by atoms with Crippen molar-refractivity contribution >= 4 is 0 Å². The average molecular weight is 250 g/mol. The fraction of sp³-hybridized carbons (Fsp3) is 0.600. The predicted molar refractivity (Wildman–Crippen MR) is 71.3 cm³/mol. The topological polar surface area (TPSA) is 38.7 Å². The molecule has 3 heteroatoms. The third-order valence-electron chi connectivity index (χ3n) is 3.70. The van der Waals surface area contributed by atoms with Crippen LogP contribution in [-0.2, 0) is 15.6 Å². The molecule has 0 spiro atoms. The summed E-state index contributed by atoms with van der Waals surface area (Å²) >= 11 is 0. The van der Waals surface area contributed by atoms with Crippen LogP contribution in [0.15, 0.2) is 18.2 Å². The van der Waals surface area contributed by atoms with Crippen LogP contribution in [0, 0.1) is 0 Å². The number of aliphatic hydroxyl groups excluding tert-OH is 1. The van der Waals surface area contributed by atoms with Gasteiger partial charge in [0.05, 0.1) is 32.3 Å². The van der Waals surface area contributed by atoms with Gasteiger partial charge in [-0.25, -0.2) is 0 Å². The maximum atomic E-state index is 9.67. The number of methoxy groups -OCH3 is 1. The summed E-state index contributed by atoms with van der Waals surface area (Å²) in [4.78, 5) is 0. The predicted octanol–water partition coefficient (Wildman–Crippen LogP) is 2.25. The third kappa shape index (κ3) is 2.13. The molecule has 0 unspecified atom stereocenters. The van der Waals surface area contributed by atoms with Crippen molar-refractivity contribution in [3.8, 4) is 5.75 Å². The van der Waals surface area contributed by atoms with Crippen LogP contribution in [0.4, 0.5) is 0 Å². The van der Waals surface area contributed by atoms with Crippen molar-refractivity contribution < 1.29 is 14.6 Å². The highest BCUT2D eigenvalue weighted by Gasteiger charge is 2.42. The summed E-state index contributed by atoms with van der Waals surface area (Å²) in [6, 6.07) is 6.23. The van der Waals surface area contributed by atoms with Gasteiger partial charge in [-0.2, -0.15) is 0 Å². The molecule has 0 amide bonds. The molecule has 0 aliphatic carbocycles. The van der Waals surface area contributed by atoms with E-state index in [2.05, 4.69) is 32.9 Å². The lowest BCUT2D eigenvalue weighted by Gasteiger charge is -2.41. The molecule has 0 aromatic heterocycles. The molecule has 0 atom stereocenters. The van der Waals surface area contributed by atoms with Crippen molar-refractivity contribution in [2.45, 2.75) is 31.6 Å². The zero-order valence-electron chi connectivity index (χ0n) is 11.6. The zero-order valence-corrected chi connectivity index (χ0v) is 11.6. The van der Waals surface area contributed by atoms with Crippen LogP contribution in [0.1, 0.15) is 31.9 Å². The van der Waals surface area contributed by atoms with Gasteiger partial charge in [-0.3, -0.25) is 0 Å². The Morgan fingerprint density at radius 3 is 2.39 bits per heavy atom. The molecule has 2 rings (SSSR count). The third-order valence-corrected chi connectivity index (χ3v) is 3.70. The Kier molecular flexibility index (Phi) is 3.39. The molecule has 1 aromatic carbocycles. The highest BCUT2D eigenvalue weighted by Crippen LogP contribution is 2.39. The summed E-state index contributed by atoms with van der Waals surface area (Å²) in [5, 5.41) is 9.67. The summed E-state index contributed by atoms with van der Waals surface area (Å²) in [6.45, 7) is 7.77. The van der Waals surface area contributed by atoms with E-state index in [1.165, 1.54) is 5.56 Å². The van der Waals surface area contributed by atoms with Crippen LogP contribution < -0.4 is 4.74 Å². The number of ether oxygens (including phenoxy) is 2. The van der Waals surface area contributed by atoms with Gasteiger partial charge < -0.3 is 14.6 Å². The van der Waals surface area contributed by atoms with E-state index < -0.39 is 0 Å². The first-order valence-electron chi connectivity index (χ1n) is 6.30. The molecule has 18 heavy (non-hydrogen) atoms. The Balaban J connectivity index is 2.49. The number of benzene rings is 1. The monoisotopic (exact) mass is 250 g/mol. The van der Waals surface area contributed by atoms with Crippen LogP contribution in [0.3, 0.4) is 0 Å². The fourth-order valence-electron chi connectivity index (χ4n) is 2.27. The van der Waals surface area contributed by atoms with E-state index >= 15 is 0 Å². The molecular weight excluding hydrogens is 228 g/mol. The molecule has 100 valence electrons. The first-order valence-corrected chi connectivity index (χ1v) is 6.30. The Morgan fingerprint density at radius 2 is 2.00 bits per heavy atom. The maximum absolute atomic E-state index is 9.67. The second kappa shape index (κ2) is 4.56. The van der Waals surface area contributed by atoms with E-state index in [1.54, 1.807) is 7.11 Å². The molecule has 1 heterocycles. The normalized spacial score (nSPS) is 18.3. The summed E-state index contributed by atoms with van der Waals surface area (Å²) in [5.74, 6) is 0.834. The van der Waals surface area contributed by atoms with Gasteiger partial charge in [-0.1, -0.05) is 32.9 Å². The molecule has 3 nitrogen and oxygen atoms in total. The van der Waals surface area contributed by atoms with Crippen molar-refractivity contribution in [1.29, 1.82) is 0 Å². The first kappa shape index (κ1) is 13.4. The highest BCUT2D eigenvalue weighted by atomic mass is 16.5. The quantitative estimate of drug-likeness (QED) is 0.894. The number of aliphatic hydroxyl groups is 1. The smallest absolute Gasteiger partial charge is 0.122 e. The van der Waals surface area contributed by atoms with E-state index in [0.717, 1.165) is 11.3 Å². The molecule has 1 saturated heterocycles. The van der Waals surface area contributed by atoms with Crippen molar-refractivity contribution in [3.05, 3.63) is 29.3 Å². The molecule has 0 bridgehead atoms. The molecule has 0 radical (unpaired) electrons. The standard InChI is InChI=1S/C15H22O3/c1-14(2,3)11-5-6-13(17-4)12(7-11)15(8-16)9-18-10-15/h5-7,16H,8-10H2,1-4H3. The zero-order chi connectivity index (χ0) is 13.4. The minimum atomic E-state index is -0.285. The Bertz CT molecular complexity index is 422. The molecule has 1 N–H and O–H groups in total. The van der Waals surface area contributed by atoms with E-state index in [4.69, 9.17) is 9.47 Å². The first-order chi connectivity index (χ1) is 8.43. The van der Waals surface area contributed by atoms with Crippen LogP contribution in [-0.4, -0.2) is 32.0 Å². The van der Waals surface area contributed by atoms with Gasteiger partial charge in [0, 0.05) is 5.56 Å². The van der Waals surface area contributed by atoms with E-state index in [1.807, 2.05) is 6.07 Å². The van der Waals surface area contributed by atoms with E-state index in [-0.39, 0.29) is 17.4 Å². The van der Waals surface area contributed by atoms with Gasteiger partial charge in [0.25, 0.3) is 0 Å². The lowest BCUT2D eigenvalue weighted by Crippen LogP contribution is -2.50. The van der Waals surface area contributed by atoms with Gasteiger partial charge >= 0.3 is 0 Å². The molecule has 1 aliphatic heterocycles. The van der Waals surface area contributed by atoms with Crippen LogP contribution in [0.25, 0.3) is 0 Å². The molecule has 0 saturated carbocycles. The summed E-state index contributed by atoms with van der Waals surface area (Å²) < 4.78 is 10.7. The van der Waals surface area contributed by atoms with Crippen molar-refractivity contribution in [2.24, 2.45) is 0 Å². The van der Waals surface area contributed by atoms with E-state index in [9.17, 15) is 5.11 Å². The Labute approximate surface area is 109 Å². The molecular formula is C15H22O3. The van der Waals surface area contributed by atoms with Crippen molar-refractivity contribution in [1.82, 2.24) is 0 Å². The number of hydrogen-bond donors (Lipinski definition) is 1. The minimum Gasteiger partial charge on any atom is -0.496 e. The average Bonchev–Trinajstić information content (AvgIpc) is 2.27. The van der Waals surface area contributed by atoms with Gasteiger partial charge in [0.2, 0.25) is 0 Å². The summed E-state index contributed by atoms with van der Waals surface area (Å²) in [5.41, 5.74) is 2.11. The van der Waals surface area contributed by atoms with Gasteiger partial charge in [-0.15, -0.1) is 0 Å². The van der Waals surface area contributed by atoms with Gasteiger partial charge in [0.15, 0.2) is 0 Å². The maximum Gasteiger partial charge on any atom is 0.122 e. The Hall–Kier alpha value is -1.06. The van der Waals surface area contributed by atoms with Gasteiger partial charge in [0.1, 0.15) is 5.75 Å². The van der Waals surface area contributed by atoms with Crippen LogP contribution in [0.5, 0.6) is 5.75 Å². The van der Waals surface area contributed by atoms with E-state index in [0.29, 0.717) is 13.2 Å². The fourth-order valence-corrected chi connectivity index (χ4v) is 2.27. The Morgan fingerprint density at radius 1 is 1.33 bits per heavy atom. The van der Waals surface area contributed by atoms with Crippen molar-refractivity contribution in [3.63, 3.8) is 0 Å². The second-order valence-electron chi connectivity index (χ2n) is 6.10. The molecule has 1 aliphatic rings. The van der Waals surface area contributed by atoms with Gasteiger partial charge in [-0.05, 0) is 17.0 Å². The minimum absolute atomic E-state index is 0.0856. The largest absolute Gasteiger partial charge is 0.496 e. The molecule has 1 fully saturated rings. The molecule has 1 aromatic rings. The lowest BCUT2D eigenvalue weighted by atomic mass is 9.76. The summed E-state index contributed by atoms with van der Waals surface area (Å²) in [7, 11) is 1.67. The van der Waals surface area contributed by atoms with Crippen LogP contribution >= 0.6 is 0 Å². The highest BCUT2D eigenvalue weighted by molar-refractivity contribution is 5.45.